The quantitative estimate of drug-likeness (QED) is 0.728. The van der Waals surface area contributed by atoms with Crippen LogP contribution < -0.4 is 5.32 Å². The van der Waals surface area contributed by atoms with E-state index in [1.54, 1.807) is 0 Å². The van der Waals surface area contributed by atoms with E-state index < -0.39 is 0 Å². The molecule has 0 aromatic rings. The maximum atomic E-state index is 3.70. The van der Waals surface area contributed by atoms with E-state index in [1.165, 1.54) is 57.8 Å². The third kappa shape index (κ3) is 2.96. The summed E-state index contributed by atoms with van der Waals surface area (Å²) < 4.78 is 0. The third-order valence-electron chi connectivity index (χ3n) is 4.53. The minimum absolute atomic E-state index is 0.662. The summed E-state index contributed by atoms with van der Waals surface area (Å²) in [7, 11) is 0. The Labute approximate surface area is 95.0 Å². The molecule has 2 rings (SSSR count). The van der Waals surface area contributed by atoms with Crippen molar-refractivity contribution in [3.63, 3.8) is 0 Å². The van der Waals surface area contributed by atoms with Crippen LogP contribution in [0.15, 0.2) is 0 Å². The van der Waals surface area contributed by atoms with Crippen LogP contribution >= 0.6 is 0 Å². The zero-order chi connectivity index (χ0) is 10.7. The molecule has 2 fully saturated rings. The first-order chi connectivity index (χ1) is 7.20. The molecule has 0 aromatic heterocycles. The normalized spacial score (nSPS) is 27.4. The molecule has 88 valence electrons. The Hall–Kier alpha value is -0.0400. The molecule has 0 unspecified atom stereocenters. The lowest BCUT2D eigenvalue weighted by Crippen LogP contribution is -2.41. The molecule has 2 aliphatic rings. The van der Waals surface area contributed by atoms with Crippen LogP contribution in [0.5, 0.6) is 0 Å². The van der Waals surface area contributed by atoms with Gasteiger partial charge in [-0.15, -0.1) is 0 Å². The lowest BCUT2D eigenvalue weighted by molar-refractivity contribution is 0.105. The third-order valence-corrected chi connectivity index (χ3v) is 4.53. The van der Waals surface area contributed by atoms with E-state index in [2.05, 4.69) is 19.2 Å². The summed E-state index contributed by atoms with van der Waals surface area (Å²) in [4.78, 5) is 0. The van der Waals surface area contributed by atoms with Crippen LogP contribution in [0.2, 0.25) is 0 Å². The number of nitrogens with one attached hydrogen (secondary N) is 1. The molecule has 0 aliphatic heterocycles. The van der Waals surface area contributed by atoms with Gasteiger partial charge in [-0.05, 0) is 43.9 Å². The zero-order valence-corrected chi connectivity index (χ0v) is 10.5. The summed E-state index contributed by atoms with van der Waals surface area (Å²) in [6, 6.07) is 1.48. The van der Waals surface area contributed by atoms with Crippen molar-refractivity contribution in [3.05, 3.63) is 0 Å². The summed E-state index contributed by atoms with van der Waals surface area (Å²) in [5.41, 5.74) is 0.785. The van der Waals surface area contributed by atoms with E-state index >= 15 is 0 Å². The molecule has 0 atom stereocenters. The molecule has 0 radical (unpaired) electrons. The van der Waals surface area contributed by atoms with Crippen molar-refractivity contribution in [3.8, 4) is 0 Å². The van der Waals surface area contributed by atoms with E-state index in [9.17, 15) is 0 Å². The number of hydrogen-bond acceptors (Lipinski definition) is 1. The fourth-order valence-electron chi connectivity index (χ4n) is 3.67. The summed E-state index contributed by atoms with van der Waals surface area (Å²) >= 11 is 0. The second kappa shape index (κ2) is 4.86. The smallest absolute Gasteiger partial charge is 0.00698 e. The maximum absolute atomic E-state index is 3.70. The maximum Gasteiger partial charge on any atom is 0.00698 e. The van der Waals surface area contributed by atoms with Gasteiger partial charge < -0.3 is 5.32 Å². The topological polar surface area (TPSA) is 12.0 Å². The standard InChI is InChI=1S/C14H27N/c1-12(2)15-13-6-10-14(11-7-13)8-4-3-5-9-14/h12-13,15H,3-11H2,1-2H3. The molecule has 1 spiro atoms. The molecular weight excluding hydrogens is 182 g/mol. The molecule has 0 aromatic carbocycles. The zero-order valence-electron chi connectivity index (χ0n) is 10.5. The molecule has 15 heavy (non-hydrogen) atoms. The summed E-state index contributed by atoms with van der Waals surface area (Å²) in [6.45, 7) is 4.54. The van der Waals surface area contributed by atoms with Crippen molar-refractivity contribution in [1.29, 1.82) is 0 Å². The van der Waals surface area contributed by atoms with Gasteiger partial charge in [0.1, 0.15) is 0 Å². The van der Waals surface area contributed by atoms with Crippen LogP contribution in [0.3, 0.4) is 0 Å². The Morgan fingerprint density at radius 1 is 0.933 bits per heavy atom. The minimum Gasteiger partial charge on any atom is -0.312 e. The lowest BCUT2D eigenvalue weighted by atomic mass is 9.64. The van der Waals surface area contributed by atoms with Crippen LogP contribution in [0.25, 0.3) is 0 Å². The van der Waals surface area contributed by atoms with Crippen molar-refractivity contribution < 1.29 is 0 Å². The van der Waals surface area contributed by atoms with E-state index in [0.29, 0.717) is 6.04 Å². The van der Waals surface area contributed by atoms with Crippen LogP contribution in [0.4, 0.5) is 0 Å². The van der Waals surface area contributed by atoms with E-state index in [0.717, 1.165) is 11.5 Å². The second-order valence-corrected chi connectivity index (χ2v) is 6.16. The van der Waals surface area contributed by atoms with Crippen LogP contribution in [-0.2, 0) is 0 Å². The van der Waals surface area contributed by atoms with Gasteiger partial charge in [0.05, 0.1) is 0 Å². The van der Waals surface area contributed by atoms with Gasteiger partial charge in [-0.3, -0.25) is 0 Å². The van der Waals surface area contributed by atoms with Gasteiger partial charge in [-0.2, -0.15) is 0 Å². The summed E-state index contributed by atoms with van der Waals surface area (Å²) in [6.07, 6.45) is 13.4. The van der Waals surface area contributed by atoms with E-state index in [-0.39, 0.29) is 0 Å². The second-order valence-electron chi connectivity index (χ2n) is 6.16. The van der Waals surface area contributed by atoms with Crippen LogP contribution in [0.1, 0.15) is 71.6 Å². The number of hydrogen-bond donors (Lipinski definition) is 1. The molecule has 0 saturated heterocycles. The van der Waals surface area contributed by atoms with Gasteiger partial charge in [-0.25, -0.2) is 0 Å². The molecule has 1 N–H and O–H groups in total. The molecule has 1 nitrogen and oxygen atoms in total. The van der Waals surface area contributed by atoms with Crippen molar-refractivity contribution in [2.45, 2.75) is 83.7 Å². The first kappa shape index (κ1) is 11.4. The van der Waals surface area contributed by atoms with Gasteiger partial charge >= 0.3 is 0 Å². The molecular formula is C14H27N. The van der Waals surface area contributed by atoms with Crippen molar-refractivity contribution in [1.82, 2.24) is 5.32 Å². The van der Waals surface area contributed by atoms with Gasteiger partial charge in [0, 0.05) is 12.1 Å². The van der Waals surface area contributed by atoms with Crippen LogP contribution in [-0.4, -0.2) is 12.1 Å². The van der Waals surface area contributed by atoms with Crippen LogP contribution in [0, 0.1) is 5.41 Å². The highest BCUT2D eigenvalue weighted by Crippen LogP contribution is 2.47. The first-order valence-electron chi connectivity index (χ1n) is 6.96. The van der Waals surface area contributed by atoms with E-state index in [1.807, 2.05) is 0 Å². The van der Waals surface area contributed by atoms with Gasteiger partial charge in [-0.1, -0.05) is 33.1 Å². The van der Waals surface area contributed by atoms with Gasteiger partial charge in [0.2, 0.25) is 0 Å². The molecule has 2 saturated carbocycles. The Kier molecular flexibility index (Phi) is 3.71. The Morgan fingerprint density at radius 2 is 1.53 bits per heavy atom. The minimum atomic E-state index is 0.662. The largest absolute Gasteiger partial charge is 0.312 e. The first-order valence-corrected chi connectivity index (χ1v) is 6.96. The Morgan fingerprint density at radius 3 is 2.07 bits per heavy atom. The number of rotatable bonds is 2. The van der Waals surface area contributed by atoms with Crippen molar-refractivity contribution >= 4 is 0 Å². The highest BCUT2D eigenvalue weighted by atomic mass is 14.9. The highest BCUT2D eigenvalue weighted by Gasteiger charge is 2.35. The Bertz CT molecular complexity index is 182. The SMILES string of the molecule is CC(C)NC1CCC2(CCCCC2)CC1. The fourth-order valence-corrected chi connectivity index (χ4v) is 3.67. The van der Waals surface area contributed by atoms with Gasteiger partial charge in [0.15, 0.2) is 0 Å². The average molecular weight is 209 g/mol. The average Bonchev–Trinajstić information content (AvgIpc) is 2.23. The summed E-state index contributed by atoms with van der Waals surface area (Å²) in [5, 5.41) is 3.70. The van der Waals surface area contributed by atoms with Gasteiger partial charge in [0.25, 0.3) is 0 Å². The molecule has 0 bridgehead atoms. The summed E-state index contributed by atoms with van der Waals surface area (Å²) in [5.74, 6) is 0. The fraction of sp³-hybridized carbons (Fsp3) is 1.00. The van der Waals surface area contributed by atoms with Crippen molar-refractivity contribution in [2.75, 3.05) is 0 Å². The highest BCUT2D eigenvalue weighted by molar-refractivity contribution is 4.90. The van der Waals surface area contributed by atoms with Crippen molar-refractivity contribution in [2.24, 2.45) is 5.41 Å². The Balaban J connectivity index is 1.80. The predicted octanol–water partition coefficient (Wildman–Crippen LogP) is 3.88. The van der Waals surface area contributed by atoms with E-state index in [4.69, 9.17) is 0 Å². The predicted molar refractivity (Wildman–Crippen MR) is 66.0 cm³/mol. The molecule has 1 heteroatoms. The monoisotopic (exact) mass is 209 g/mol. The molecule has 2 aliphatic carbocycles. The lowest BCUT2D eigenvalue weighted by Gasteiger charge is -2.43. The molecule has 0 amide bonds. The molecule has 0 heterocycles.